The van der Waals surface area contributed by atoms with E-state index in [0.29, 0.717) is 0 Å². The van der Waals surface area contributed by atoms with Crippen molar-refractivity contribution in [1.82, 2.24) is 5.32 Å². The molecule has 1 aromatic heterocycles. The van der Waals surface area contributed by atoms with E-state index in [2.05, 4.69) is 31.3 Å². The van der Waals surface area contributed by atoms with Crippen LogP contribution in [0.5, 0.6) is 0 Å². The molecule has 1 aliphatic rings. The molecule has 84 valence electrons. The molecule has 0 bridgehead atoms. The molecule has 0 unspecified atom stereocenters. The Kier molecular flexibility index (Phi) is 3.81. The quantitative estimate of drug-likeness (QED) is 0.823. The van der Waals surface area contributed by atoms with Crippen LogP contribution in [-0.4, -0.2) is 6.04 Å². The van der Waals surface area contributed by atoms with Gasteiger partial charge in [-0.3, -0.25) is 0 Å². The third kappa shape index (κ3) is 3.32. The Bertz CT molecular complexity index is 297. The molecule has 1 aliphatic carbocycles. The van der Waals surface area contributed by atoms with E-state index >= 15 is 0 Å². The van der Waals surface area contributed by atoms with Crippen LogP contribution < -0.4 is 5.32 Å². The number of hydrogen-bond acceptors (Lipinski definition) is 2. The Morgan fingerprint density at radius 2 is 2.00 bits per heavy atom. The fourth-order valence-corrected chi connectivity index (χ4v) is 3.13. The highest BCUT2D eigenvalue weighted by atomic mass is 32.1. The largest absolute Gasteiger partial charge is 0.309 e. The van der Waals surface area contributed by atoms with Gasteiger partial charge in [-0.25, -0.2) is 0 Å². The maximum absolute atomic E-state index is 3.68. The molecule has 2 heteroatoms. The second kappa shape index (κ2) is 5.13. The summed E-state index contributed by atoms with van der Waals surface area (Å²) < 4.78 is 0. The number of hydrogen-bond donors (Lipinski definition) is 1. The van der Waals surface area contributed by atoms with Crippen molar-refractivity contribution in [2.45, 2.75) is 52.1 Å². The number of thiophene rings is 1. The average molecular weight is 223 g/mol. The molecule has 1 fully saturated rings. The Morgan fingerprint density at radius 3 is 2.60 bits per heavy atom. The second-order valence-corrected chi connectivity index (χ2v) is 6.22. The lowest BCUT2D eigenvalue weighted by Gasteiger charge is -2.26. The highest BCUT2D eigenvalue weighted by Gasteiger charge is 2.17. The number of aryl methyl sites for hydroxylation is 1. The van der Waals surface area contributed by atoms with Crippen LogP contribution in [-0.2, 0) is 6.54 Å². The minimum absolute atomic E-state index is 0.767. The van der Waals surface area contributed by atoms with Crippen molar-refractivity contribution < 1.29 is 0 Å². The predicted molar refractivity (Wildman–Crippen MR) is 67.3 cm³/mol. The topological polar surface area (TPSA) is 12.0 Å². The van der Waals surface area contributed by atoms with E-state index in [1.165, 1.54) is 35.4 Å². The van der Waals surface area contributed by atoms with Crippen molar-refractivity contribution in [3.63, 3.8) is 0 Å². The van der Waals surface area contributed by atoms with E-state index in [4.69, 9.17) is 0 Å². The molecule has 0 amide bonds. The molecule has 1 aromatic rings. The molecule has 0 aliphatic heterocycles. The van der Waals surface area contributed by atoms with Crippen molar-refractivity contribution in [3.05, 3.63) is 21.9 Å². The van der Waals surface area contributed by atoms with Crippen molar-refractivity contribution >= 4 is 11.3 Å². The minimum Gasteiger partial charge on any atom is -0.309 e. The zero-order valence-corrected chi connectivity index (χ0v) is 10.6. The van der Waals surface area contributed by atoms with Crippen LogP contribution in [0.2, 0.25) is 0 Å². The smallest absolute Gasteiger partial charge is 0.0302 e. The van der Waals surface area contributed by atoms with Crippen LogP contribution in [0.3, 0.4) is 0 Å². The summed E-state index contributed by atoms with van der Waals surface area (Å²) in [5.41, 5.74) is 0. The lowest BCUT2D eigenvalue weighted by atomic mass is 9.87. The van der Waals surface area contributed by atoms with Crippen LogP contribution in [0.4, 0.5) is 0 Å². The van der Waals surface area contributed by atoms with E-state index in [1.54, 1.807) is 0 Å². The normalized spacial score (nSPS) is 26.8. The van der Waals surface area contributed by atoms with Crippen LogP contribution in [0, 0.1) is 12.8 Å². The molecular weight excluding hydrogens is 202 g/mol. The van der Waals surface area contributed by atoms with E-state index < -0.39 is 0 Å². The SMILES string of the molecule is Cc1ccc(CNC2CCC(C)CC2)s1. The lowest BCUT2D eigenvalue weighted by molar-refractivity contribution is 0.307. The van der Waals surface area contributed by atoms with Gasteiger partial charge < -0.3 is 5.32 Å². The van der Waals surface area contributed by atoms with Crippen molar-refractivity contribution in [3.8, 4) is 0 Å². The van der Waals surface area contributed by atoms with Gasteiger partial charge in [-0.15, -0.1) is 11.3 Å². The first-order chi connectivity index (χ1) is 7.24. The molecule has 0 spiro atoms. The molecule has 0 aromatic carbocycles. The zero-order chi connectivity index (χ0) is 10.7. The Hall–Kier alpha value is -0.340. The lowest BCUT2D eigenvalue weighted by Crippen LogP contribution is -2.31. The van der Waals surface area contributed by atoms with E-state index in [9.17, 15) is 0 Å². The van der Waals surface area contributed by atoms with Crippen molar-refractivity contribution in [1.29, 1.82) is 0 Å². The van der Waals surface area contributed by atoms with Crippen molar-refractivity contribution in [2.75, 3.05) is 0 Å². The summed E-state index contributed by atoms with van der Waals surface area (Å²) >= 11 is 1.91. The monoisotopic (exact) mass is 223 g/mol. The summed E-state index contributed by atoms with van der Waals surface area (Å²) in [6.45, 7) is 5.62. The van der Waals surface area contributed by atoms with Gasteiger partial charge in [0.1, 0.15) is 0 Å². The summed E-state index contributed by atoms with van der Waals surface area (Å²) in [6, 6.07) is 5.23. The minimum atomic E-state index is 0.767. The van der Waals surface area contributed by atoms with Gasteiger partial charge in [0.25, 0.3) is 0 Å². The molecule has 0 saturated heterocycles. The first-order valence-electron chi connectivity index (χ1n) is 6.03. The maximum atomic E-state index is 3.68. The van der Waals surface area contributed by atoms with E-state index in [0.717, 1.165) is 18.5 Å². The average Bonchev–Trinajstić information content (AvgIpc) is 2.64. The fraction of sp³-hybridized carbons (Fsp3) is 0.692. The maximum Gasteiger partial charge on any atom is 0.0302 e. The highest BCUT2D eigenvalue weighted by molar-refractivity contribution is 7.11. The number of rotatable bonds is 3. The van der Waals surface area contributed by atoms with Crippen LogP contribution in [0.15, 0.2) is 12.1 Å². The summed E-state index contributed by atoms with van der Waals surface area (Å²) in [5, 5.41) is 3.68. The van der Waals surface area contributed by atoms with Crippen LogP contribution >= 0.6 is 11.3 Å². The van der Waals surface area contributed by atoms with E-state index in [1.807, 2.05) is 11.3 Å². The fourth-order valence-electron chi connectivity index (χ4n) is 2.29. The summed E-state index contributed by atoms with van der Waals surface area (Å²) in [5.74, 6) is 0.951. The molecule has 1 N–H and O–H groups in total. The Morgan fingerprint density at radius 1 is 1.27 bits per heavy atom. The van der Waals surface area contributed by atoms with Gasteiger partial charge in [-0.05, 0) is 50.7 Å². The van der Waals surface area contributed by atoms with Crippen molar-refractivity contribution in [2.24, 2.45) is 5.92 Å². The van der Waals surface area contributed by atoms with Crippen LogP contribution in [0.25, 0.3) is 0 Å². The predicted octanol–water partition coefficient (Wildman–Crippen LogP) is 3.72. The van der Waals surface area contributed by atoms with E-state index in [-0.39, 0.29) is 0 Å². The second-order valence-electron chi connectivity index (χ2n) is 4.85. The first-order valence-corrected chi connectivity index (χ1v) is 6.84. The molecular formula is C13H21NS. The summed E-state index contributed by atoms with van der Waals surface area (Å²) in [7, 11) is 0. The van der Waals surface area contributed by atoms with Gasteiger partial charge in [0.15, 0.2) is 0 Å². The van der Waals surface area contributed by atoms with Gasteiger partial charge >= 0.3 is 0 Å². The molecule has 0 atom stereocenters. The Balaban J connectivity index is 1.74. The zero-order valence-electron chi connectivity index (χ0n) is 9.75. The first kappa shape index (κ1) is 11.2. The van der Waals surface area contributed by atoms with Crippen LogP contribution in [0.1, 0.15) is 42.4 Å². The molecule has 15 heavy (non-hydrogen) atoms. The highest BCUT2D eigenvalue weighted by Crippen LogP contribution is 2.24. The third-order valence-electron chi connectivity index (χ3n) is 3.38. The standard InChI is InChI=1S/C13H21NS/c1-10-3-6-12(7-4-10)14-9-13-8-5-11(2)15-13/h5,8,10,12,14H,3-4,6-7,9H2,1-2H3. The van der Waals surface area contributed by atoms with Gasteiger partial charge in [-0.1, -0.05) is 6.92 Å². The summed E-state index contributed by atoms with van der Waals surface area (Å²) in [6.07, 6.45) is 5.54. The molecule has 1 saturated carbocycles. The Labute approximate surface area is 96.9 Å². The molecule has 1 nitrogen and oxygen atoms in total. The van der Waals surface area contributed by atoms with Gasteiger partial charge in [0.2, 0.25) is 0 Å². The molecule has 1 heterocycles. The summed E-state index contributed by atoms with van der Waals surface area (Å²) in [4.78, 5) is 2.90. The molecule has 0 radical (unpaired) electrons. The molecule has 2 rings (SSSR count). The van der Waals surface area contributed by atoms with Gasteiger partial charge in [0, 0.05) is 22.3 Å². The van der Waals surface area contributed by atoms with Gasteiger partial charge in [-0.2, -0.15) is 0 Å². The third-order valence-corrected chi connectivity index (χ3v) is 4.38. The number of nitrogens with one attached hydrogen (secondary N) is 1. The van der Waals surface area contributed by atoms with Gasteiger partial charge in [0.05, 0.1) is 0 Å².